The molecule has 0 aliphatic carbocycles. The summed E-state index contributed by atoms with van der Waals surface area (Å²) in [4.78, 5) is 15.3. The summed E-state index contributed by atoms with van der Waals surface area (Å²) in [6, 6.07) is 0.185. The number of hydrazine groups is 1. The zero-order chi connectivity index (χ0) is 12.0. The molecule has 1 unspecified atom stereocenters. The van der Waals surface area contributed by atoms with Crippen LogP contribution < -0.4 is 21.9 Å². The summed E-state index contributed by atoms with van der Waals surface area (Å²) in [5, 5.41) is 5.96. The zero-order valence-corrected chi connectivity index (χ0v) is 9.92. The minimum absolute atomic E-state index is 0.119. The number of amides is 1. The van der Waals surface area contributed by atoms with E-state index in [1.54, 1.807) is 0 Å². The second-order valence-corrected chi connectivity index (χ2v) is 4.41. The topological polar surface area (TPSA) is 91.5 Å². The van der Waals surface area contributed by atoms with Crippen LogP contribution in [0.25, 0.3) is 0 Å². The van der Waals surface area contributed by atoms with Crippen LogP contribution in [0.15, 0.2) is 4.99 Å². The van der Waals surface area contributed by atoms with Gasteiger partial charge in [0.15, 0.2) is 0 Å². The van der Waals surface area contributed by atoms with Crippen molar-refractivity contribution in [3.8, 4) is 0 Å². The van der Waals surface area contributed by atoms with Crippen molar-refractivity contribution in [1.29, 1.82) is 0 Å². The normalized spacial score (nSPS) is 21.1. The molecule has 0 saturated carbocycles. The van der Waals surface area contributed by atoms with Gasteiger partial charge >= 0.3 is 0 Å². The van der Waals surface area contributed by atoms with Crippen LogP contribution in [-0.2, 0) is 4.79 Å². The second-order valence-electron chi connectivity index (χ2n) is 4.41. The Morgan fingerprint density at radius 2 is 2.44 bits per heavy atom. The van der Waals surface area contributed by atoms with Gasteiger partial charge in [0.25, 0.3) is 0 Å². The van der Waals surface area contributed by atoms with Crippen LogP contribution >= 0.6 is 0 Å². The van der Waals surface area contributed by atoms with Crippen molar-refractivity contribution in [2.45, 2.75) is 32.7 Å². The Kier molecular flexibility index (Phi) is 5.04. The minimum Gasteiger partial charge on any atom is -0.353 e. The van der Waals surface area contributed by atoms with Gasteiger partial charge in [-0.15, -0.1) is 0 Å². The number of guanidine groups is 1. The first-order valence-electron chi connectivity index (χ1n) is 5.66. The monoisotopic (exact) mass is 227 g/mol. The van der Waals surface area contributed by atoms with Crippen molar-refractivity contribution in [1.82, 2.24) is 16.1 Å². The van der Waals surface area contributed by atoms with E-state index in [1.807, 2.05) is 0 Å². The number of hydrogen-bond acceptors (Lipinski definition) is 3. The molecular formula is C10H21N5O. The Balaban J connectivity index is 2.28. The van der Waals surface area contributed by atoms with Crippen LogP contribution in [0, 0.1) is 5.92 Å². The fourth-order valence-electron chi connectivity index (χ4n) is 1.48. The standard InChI is InChI=1S/C10H21N5O/c1-7(2)5-12-10(15-11)13-6-8-3-4-9(16)14-8/h7-8H,3-6,11H2,1-2H3,(H,14,16)(H2,12,13,15). The summed E-state index contributed by atoms with van der Waals surface area (Å²) in [6.45, 7) is 5.57. The molecule has 0 aromatic heterocycles. The van der Waals surface area contributed by atoms with Gasteiger partial charge < -0.3 is 10.6 Å². The Hall–Kier alpha value is -1.30. The van der Waals surface area contributed by atoms with Gasteiger partial charge in [0.1, 0.15) is 0 Å². The molecule has 16 heavy (non-hydrogen) atoms. The van der Waals surface area contributed by atoms with E-state index in [1.165, 1.54) is 0 Å². The number of aliphatic imine (C=N–C) groups is 1. The number of carbonyl (C=O) groups is 1. The largest absolute Gasteiger partial charge is 0.353 e. The molecule has 6 nitrogen and oxygen atoms in total. The highest BCUT2D eigenvalue weighted by atomic mass is 16.1. The van der Waals surface area contributed by atoms with E-state index in [4.69, 9.17) is 5.84 Å². The first-order chi connectivity index (χ1) is 7.61. The molecule has 0 aromatic rings. The average Bonchev–Trinajstić information content (AvgIpc) is 2.64. The quantitative estimate of drug-likeness (QED) is 0.222. The van der Waals surface area contributed by atoms with Crippen molar-refractivity contribution in [3.05, 3.63) is 0 Å². The highest BCUT2D eigenvalue weighted by Crippen LogP contribution is 2.04. The Morgan fingerprint density at radius 3 is 2.94 bits per heavy atom. The summed E-state index contributed by atoms with van der Waals surface area (Å²) in [5.41, 5.74) is 2.52. The van der Waals surface area contributed by atoms with E-state index in [9.17, 15) is 4.79 Å². The van der Waals surface area contributed by atoms with Gasteiger partial charge in [0.05, 0.1) is 0 Å². The number of nitrogens with zero attached hydrogens (tertiary/aromatic N) is 1. The molecule has 0 spiro atoms. The smallest absolute Gasteiger partial charge is 0.220 e. The van der Waals surface area contributed by atoms with E-state index in [0.717, 1.165) is 13.0 Å². The van der Waals surface area contributed by atoms with E-state index in [0.29, 0.717) is 24.8 Å². The van der Waals surface area contributed by atoms with E-state index < -0.39 is 0 Å². The molecule has 1 aliphatic heterocycles. The zero-order valence-electron chi connectivity index (χ0n) is 9.92. The highest BCUT2D eigenvalue weighted by molar-refractivity contribution is 5.80. The highest BCUT2D eigenvalue weighted by Gasteiger charge is 2.20. The van der Waals surface area contributed by atoms with Crippen molar-refractivity contribution in [2.75, 3.05) is 13.1 Å². The van der Waals surface area contributed by atoms with E-state index >= 15 is 0 Å². The predicted molar refractivity (Wildman–Crippen MR) is 63.6 cm³/mol. The molecule has 1 fully saturated rings. The van der Waals surface area contributed by atoms with Gasteiger partial charge in [-0.05, 0) is 12.3 Å². The van der Waals surface area contributed by atoms with Crippen LogP contribution in [0.2, 0.25) is 0 Å². The molecular weight excluding hydrogens is 206 g/mol. The fraction of sp³-hybridized carbons (Fsp3) is 0.800. The molecule has 1 amide bonds. The molecule has 1 saturated heterocycles. The molecule has 92 valence electrons. The molecule has 1 atom stereocenters. The van der Waals surface area contributed by atoms with Gasteiger partial charge in [-0.3, -0.25) is 15.2 Å². The minimum atomic E-state index is 0.119. The maximum Gasteiger partial charge on any atom is 0.220 e. The molecule has 1 heterocycles. The van der Waals surface area contributed by atoms with Crippen LogP contribution in [0.1, 0.15) is 26.7 Å². The maximum absolute atomic E-state index is 11.0. The van der Waals surface area contributed by atoms with Gasteiger partial charge in [0, 0.05) is 25.6 Å². The Bertz CT molecular complexity index is 264. The van der Waals surface area contributed by atoms with Crippen molar-refractivity contribution >= 4 is 11.9 Å². The maximum atomic E-state index is 11.0. The molecule has 5 N–H and O–H groups in total. The van der Waals surface area contributed by atoms with Crippen molar-refractivity contribution in [3.63, 3.8) is 0 Å². The van der Waals surface area contributed by atoms with Gasteiger partial charge in [-0.2, -0.15) is 0 Å². The van der Waals surface area contributed by atoms with Crippen molar-refractivity contribution in [2.24, 2.45) is 16.8 Å². The lowest BCUT2D eigenvalue weighted by Crippen LogP contribution is -2.46. The predicted octanol–water partition coefficient (Wildman–Crippen LogP) is -0.670. The number of nitrogens with one attached hydrogen (secondary N) is 3. The molecule has 0 aromatic carbocycles. The van der Waals surface area contributed by atoms with Crippen LogP contribution in [-0.4, -0.2) is 31.0 Å². The summed E-state index contributed by atoms with van der Waals surface area (Å²) >= 11 is 0. The third kappa shape index (κ3) is 4.48. The lowest BCUT2D eigenvalue weighted by molar-refractivity contribution is -0.119. The van der Waals surface area contributed by atoms with Gasteiger partial charge in [0.2, 0.25) is 11.9 Å². The third-order valence-corrected chi connectivity index (χ3v) is 2.35. The average molecular weight is 227 g/mol. The van der Waals surface area contributed by atoms with E-state index in [2.05, 4.69) is 34.9 Å². The Morgan fingerprint density at radius 1 is 1.69 bits per heavy atom. The lowest BCUT2D eigenvalue weighted by Gasteiger charge is -2.14. The summed E-state index contributed by atoms with van der Waals surface area (Å²) in [6.07, 6.45) is 1.48. The molecule has 1 aliphatic rings. The lowest BCUT2D eigenvalue weighted by atomic mass is 10.2. The van der Waals surface area contributed by atoms with Gasteiger partial charge in [-0.1, -0.05) is 13.8 Å². The molecule has 6 heteroatoms. The first-order valence-corrected chi connectivity index (χ1v) is 5.66. The van der Waals surface area contributed by atoms with Crippen LogP contribution in [0.5, 0.6) is 0 Å². The van der Waals surface area contributed by atoms with E-state index in [-0.39, 0.29) is 11.9 Å². The number of rotatable bonds is 4. The molecule has 0 bridgehead atoms. The summed E-state index contributed by atoms with van der Waals surface area (Å²) in [5.74, 6) is 6.53. The fourth-order valence-corrected chi connectivity index (χ4v) is 1.48. The van der Waals surface area contributed by atoms with Gasteiger partial charge in [-0.25, -0.2) is 5.84 Å². The molecule has 0 radical (unpaired) electrons. The molecule has 1 rings (SSSR count). The van der Waals surface area contributed by atoms with Crippen LogP contribution in [0.3, 0.4) is 0 Å². The van der Waals surface area contributed by atoms with Crippen LogP contribution in [0.4, 0.5) is 0 Å². The number of carbonyl (C=O) groups excluding carboxylic acids is 1. The SMILES string of the molecule is CC(C)CN=C(NN)NCC1CCC(=O)N1. The summed E-state index contributed by atoms with van der Waals surface area (Å²) < 4.78 is 0. The van der Waals surface area contributed by atoms with Crippen molar-refractivity contribution < 1.29 is 4.79 Å². The summed E-state index contributed by atoms with van der Waals surface area (Å²) in [7, 11) is 0. The number of nitrogens with two attached hydrogens (primary N) is 1. The second kappa shape index (κ2) is 6.32. The Labute approximate surface area is 96.0 Å². The first kappa shape index (κ1) is 12.8. The third-order valence-electron chi connectivity index (χ3n) is 2.35. The number of hydrogen-bond donors (Lipinski definition) is 4.